The molecule has 0 aliphatic carbocycles. The molecule has 0 spiro atoms. The zero-order valence-electron chi connectivity index (χ0n) is 22.3. The van der Waals surface area contributed by atoms with Crippen LogP contribution < -0.4 is 18.9 Å². The van der Waals surface area contributed by atoms with E-state index in [0.29, 0.717) is 40.7 Å². The first-order chi connectivity index (χ1) is 18.6. The Morgan fingerprint density at radius 2 is 1.18 bits per heavy atom. The number of hydrogen-bond donors (Lipinski definition) is 2. The van der Waals surface area contributed by atoms with Crippen molar-refractivity contribution in [3.05, 3.63) is 81.9 Å². The van der Waals surface area contributed by atoms with E-state index in [9.17, 15) is 10.2 Å². The van der Waals surface area contributed by atoms with E-state index in [1.807, 2.05) is 79.8 Å². The van der Waals surface area contributed by atoms with Crippen LogP contribution in [-0.2, 0) is 13.2 Å². The van der Waals surface area contributed by atoms with Gasteiger partial charge in [-0.3, -0.25) is 0 Å². The highest BCUT2D eigenvalue weighted by Gasteiger charge is 2.13. The number of rotatable bonds is 12. The summed E-state index contributed by atoms with van der Waals surface area (Å²) in [6.07, 6.45) is 11.3. The summed E-state index contributed by atoms with van der Waals surface area (Å²) in [4.78, 5) is 0. The molecular formula is C32H34O6. The molecule has 0 aliphatic rings. The van der Waals surface area contributed by atoms with Crippen LogP contribution in [0.5, 0.6) is 23.0 Å². The highest BCUT2D eigenvalue weighted by atomic mass is 16.5. The monoisotopic (exact) mass is 514 g/mol. The number of aliphatic hydroxyl groups excluding tert-OH is 2. The summed E-state index contributed by atoms with van der Waals surface area (Å²) >= 11 is 0. The van der Waals surface area contributed by atoms with Crippen LogP contribution in [0.2, 0.25) is 0 Å². The zero-order chi connectivity index (χ0) is 27.3. The third-order valence-electron chi connectivity index (χ3n) is 5.67. The molecule has 6 nitrogen and oxygen atoms in total. The molecule has 0 saturated carbocycles. The second kappa shape index (κ2) is 14.5. The van der Waals surface area contributed by atoms with E-state index < -0.39 is 0 Å². The highest BCUT2D eigenvalue weighted by Crippen LogP contribution is 2.39. The first-order valence-electron chi connectivity index (χ1n) is 12.4. The fourth-order valence-corrected chi connectivity index (χ4v) is 3.79. The van der Waals surface area contributed by atoms with Gasteiger partial charge in [0.2, 0.25) is 5.75 Å². The summed E-state index contributed by atoms with van der Waals surface area (Å²) in [7, 11) is 3.23. The molecule has 0 atom stereocenters. The van der Waals surface area contributed by atoms with Gasteiger partial charge in [-0.05, 0) is 52.9 Å². The van der Waals surface area contributed by atoms with Crippen molar-refractivity contribution < 1.29 is 29.2 Å². The van der Waals surface area contributed by atoms with Gasteiger partial charge in [-0.25, -0.2) is 0 Å². The van der Waals surface area contributed by atoms with Crippen LogP contribution in [0.4, 0.5) is 0 Å². The van der Waals surface area contributed by atoms with Crippen LogP contribution in [0.25, 0.3) is 24.3 Å². The van der Waals surface area contributed by atoms with Gasteiger partial charge >= 0.3 is 0 Å². The van der Waals surface area contributed by atoms with Crippen molar-refractivity contribution in [2.24, 2.45) is 0 Å². The molecule has 3 aromatic rings. The number of ether oxygens (including phenoxy) is 4. The molecule has 198 valence electrons. The van der Waals surface area contributed by atoms with E-state index in [0.717, 1.165) is 28.7 Å². The molecule has 0 fully saturated rings. The maximum atomic E-state index is 9.76. The Balaban J connectivity index is 1.77. The van der Waals surface area contributed by atoms with Crippen molar-refractivity contribution >= 4 is 24.3 Å². The predicted molar refractivity (Wildman–Crippen MR) is 152 cm³/mol. The Morgan fingerprint density at radius 3 is 1.61 bits per heavy atom. The summed E-state index contributed by atoms with van der Waals surface area (Å²) in [5, 5.41) is 19.5. The maximum Gasteiger partial charge on any atom is 0.203 e. The van der Waals surface area contributed by atoms with Crippen molar-refractivity contribution in [1.29, 1.82) is 0 Å². The van der Waals surface area contributed by atoms with Gasteiger partial charge in [-0.15, -0.1) is 0 Å². The lowest BCUT2D eigenvalue weighted by molar-refractivity contribution is 0.266. The molecular weight excluding hydrogens is 480 g/mol. The molecule has 6 heteroatoms. The van der Waals surface area contributed by atoms with Crippen LogP contribution in [0.1, 0.15) is 53.6 Å². The molecule has 38 heavy (non-hydrogen) atoms. The average molecular weight is 515 g/mol. The van der Waals surface area contributed by atoms with Crippen molar-refractivity contribution in [2.45, 2.75) is 33.5 Å². The molecule has 0 radical (unpaired) electrons. The SMILES string of the molecule is CC#COc1c(CO)cc(/C=C/c2ccc(/C=C/c3cc(OC)c(OCCC)c(OC)c3)cc2)cc1CO. The molecule has 0 amide bonds. The smallest absolute Gasteiger partial charge is 0.203 e. The molecule has 3 aromatic carbocycles. The average Bonchev–Trinajstić information content (AvgIpc) is 2.96. The first kappa shape index (κ1) is 28.4. The topological polar surface area (TPSA) is 77.4 Å². The van der Waals surface area contributed by atoms with E-state index in [2.05, 4.69) is 12.0 Å². The van der Waals surface area contributed by atoms with Gasteiger partial charge in [0.15, 0.2) is 17.2 Å². The van der Waals surface area contributed by atoms with Gasteiger partial charge in [0.1, 0.15) is 6.11 Å². The van der Waals surface area contributed by atoms with Crippen molar-refractivity contribution in [3.63, 3.8) is 0 Å². The molecule has 0 aliphatic heterocycles. The summed E-state index contributed by atoms with van der Waals surface area (Å²) < 4.78 is 22.3. The fourth-order valence-electron chi connectivity index (χ4n) is 3.79. The Hall–Kier alpha value is -4.18. The number of aliphatic hydroxyl groups is 2. The second-order valence-electron chi connectivity index (χ2n) is 8.37. The van der Waals surface area contributed by atoms with Gasteiger partial charge in [0.05, 0.1) is 34.0 Å². The van der Waals surface area contributed by atoms with Crippen molar-refractivity contribution in [2.75, 3.05) is 20.8 Å². The maximum absolute atomic E-state index is 9.76. The lowest BCUT2D eigenvalue weighted by atomic mass is 10.0. The molecule has 3 rings (SSSR count). The highest BCUT2D eigenvalue weighted by molar-refractivity contribution is 5.75. The molecule has 0 saturated heterocycles. The Labute approximate surface area is 224 Å². The lowest BCUT2D eigenvalue weighted by Crippen LogP contribution is -2.00. The number of hydrogen-bond acceptors (Lipinski definition) is 6. The molecule has 0 unspecified atom stereocenters. The van der Waals surface area contributed by atoms with Crippen LogP contribution in [0, 0.1) is 12.0 Å². The van der Waals surface area contributed by atoms with Gasteiger partial charge in [-0.1, -0.05) is 61.4 Å². The quantitative estimate of drug-likeness (QED) is 0.222. The van der Waals surface area contributed by atoms with Crippen LogP contribution >= 0.6 is 0 Å². The minimum absolute atomic E-state index is 0.220. The minimum Gasteiger partial charge on any atom is -0.493 e. The van der Waals surface area contributed by atoms with E-state index in [1.54, 1.807) is 21.1 Å². The van der Waals surface area contributed by atoms with Gasteiger partial charge < -0.3 is 29.2 Å². The summed E-state index contributed by atoms with van der Waals surface area (Å²) in [5.41, 5.74) is 4.96. The number of benzene rings is 3. The van der Waals surface area contributed by atoms with E-state index in [1.165, 1.54) is 0 Å². The predicted octanol–water partition coefficient (Wildman–Crippen LogP) is 6.18. The molecule has 0 bridgehead atoms. The Morgan fingerprint density at radius 1 is 0.711 bits per heavy atom. The van der Waals surface area contributed by atoms with Gasteiger partial charge in [-0.2, -0.15) is 0 Å². The first-order valence-corrected chi connectivity index (χ1v) is 12.4. The normalized spacial score (nSPS) is 10.9. The van der Waals surface area contributed by atoms with Crippen LogP contribution in [0.3, 0.4) is 0 Å². The largest absolute Gasteiger partial charge is 0.493 e. The third kappa shape index (κ3) is 7.42. The van der Waals surface area contributed by atoms with E-state index in [4.69, 9.17) is 18.9 Å². The van der Waals surface area contributed by atoms with E-state index >= 15 is 0 Å². The zero-order valence-corrected chi connectivity index (χ0v) is 22.3. The summed E-state index contributed by atoms with van der Waals surface area (Å²) in [5.74, 6) is 4.92. The van der Waals surface area contributed by atoms with Crippen molar-refractivity contribution in [1.82, 2.24) is 0 Å². The number of methoxy groups -OCH3 is 2. The molecule has 2 N–H and O–H groups in total. The van der Waals surface area contributed by atoms with Gasteiger partial charge in [0, 0.05) is 18.1 Å². The summed E-state index contributed by atoms with van der Waals surface area (Å²) in [6, 6.07) is 15.6. The van der Waals surface area contributed by atoms with Crippen LogP contribution in [0.15, 0.2) is 48.5 Å². The fraction of sp³-hybridized carbons (Fsp3) is 0.250. The molecule has 0 aromatic heterocycles. The standard InChI is InChI=1S/C32H34O6/c1-5-15-37-31-27(21-33)17-25(18-28(31)22-34)13-11-23-7-9-24(10-8-23)12-14-26-19-29(35-3)32(38-16-6-2)30(20-26)36-4/h7-14,17-20,33-34H,6,16,21-22H2,1-4H3/b13-11+,14-12+. The second-order valence-corrected chi connectivity index (χ2v) is 8.37. The van der Waals surface area contributed by atoms with Crippen molar-refractivity contribution in [3.8, 4) is 35.0 Å². The van der Waals surface area contributed by atoms with E-state index in [-0.39, 0.29) is 13.2 Å². The molecule has 0 heterocycles. The lowest BCUT2D eigenvalue weighted by Gasteiger charge is -2.15. The van der Waals surface area contributed by atoms with Gasteiger partial charge in [0.25, 0.3) is 0 Å². The Bertz CT molecular complexity index is 1280. The Kier molecular flexibility index (Phi) is 10.9. The third-order valence-corrected chi connectivity index (χ3v) is 5.67. The summed E-state index contributed by atoms with van der Waals surface area (Å²) in [6.45, 7) is 3.85. The van der Waals surface area contributed by atoms with Crippen LogP contribution in [-0.4, -0.2) is 31.0 Å². The minimum atomic E-state index is -0.220.